The van der Waals surface area contributed by atoms with Gasteiger partial charge in [0, 0.05) is 6.42 Å². The molecule has 0 fully saturated rings. The first-order chi connectivity index (χ1) is 10.8. The lowest BCUT2D eigenvalue weighted by Gasteiger charge is -2.13. The molecule has 24 heavy (non-hydrogen) atoms. The summed E-state index contributed by atoms with van der Waals surface area (Å²) >= 11 is 0. The van der Waals surface area contributed by atoms with E-state index in [4.69, 9.17) is 4.84 Å². The fourth-order valence-electron chi connectivity index (χ4n) is 1.94. The minimum Gasteiger partial charge on any atom is -0.415 e. The smallest absolute Gasteiger partial charge is 0.415 e. The highest BCUT2D eigenvalue weighted by molar-refractivity contribution is 8.05. The Morgan fingerprint density at radius 1 is 1.38 bits per heavy atom. The van der Waals surface area contributed by atoms with Crippen LogP contribution >= 0.6 is 0 Å². The molecule has 1 aromatic heterocycles. The number of alkyl halides is 5. The quantitative estimate of drug-likeness (QED) is 0.814. The minimum absolute atomic E-state index is 0.167. The van der Waals surface area contributed by atoms with E-state index in [2.05, 4.69) is 15.0 Å². The van der Waals surface area contributed by atoms with Crippen molar-refractivity contribution in [2.75, 3.05) is 0 Å². The zero-order valence-electron chi connectivity index (χ0n) is 12.3. The Bertz CT molecular complexity index is 754. The first kappa shape index (κ1) is 18.4. The molecule has 0 bridgehead atoms. The number of aromatic nitrogens is 2. The predicted molar refractivity (Wildman–Crippen MR) is 70.1 cm³/mol. The van der Waals surface area contributed by atoms with Crippen LogP contribution < -0.4 is 4.74 Å². The average Bonchev–Trinajstić information content (AvgIpc) is 2.92. The predicted octanol–water partition coefficient (Wildman–Crippen LogP) is 2.46. The summed E-state index contributed by atoms with van der Waals surface area (Å²) in [6.07, 6.45) is -5.20. The summed E-state index contributed by atoms with van der Waals surface area (Å²) in [5, 5.41) is 7.33. The summed E-state index contributed by atoms with van der Waals surface area (Å²) in [6.45, 7) is -0.408. The Kier molecular flexibility index (Phi) is 4.50. The number of hydrogen-bond donors (Lipinski definition) is 1. The van der Waals surface area contributed by atoms with Gasteiger partial charge in [0.1, 0.15) is 11.3 Å². The van der Waals surface area contributed by atoms with Crippen molar-refractivity contribution in [2.45, 2.75) is 44.4 Å². The van der Waals surface area contributed by atoms with E-state index in [0.29, 0.717) is 0 Å². The van der Waals surface area contributed by atoms with Crippen LogP contribution in [0, 0.1) is 0 Å². The van der Waals surface area contributed by atoms with Gasteiger partial charge in [0.25, 0.3) is 0 Å². The summed E-state index contributed by atoms with van der Waals surface area (Å²) in [5.41, 5.74) is -3.57. The van der Waals surface area contributed by atoms with Crippen molar-refractivity contribution >= 4 is 14.9 Å². The number of ether oxygens (including phenoxy) is 1. The van der Waals surface area contributed by atoms with E-state index >= 15 is 0 Å². The molecule has 0 aromatic carbocycles. The zero-order chi connectivity index (χ0) is 18.3. The van der Waals surface area contributed by atoms with Gasteiger partial charge in [-0.05, 0) is 13.8 Å². The highest BCUT2D eigenvalue weighted by atomic mass is 32.2. The average molecular weight is 377 g/mol. The summed E-state index contributed by atoms with van der Waals surface area (Å²) in [7, 11) is -4.35. The van der Waals surface area contributed by atoms with Crippen LogP contribution in [0.4, 0.5) is 22.0 Å². The van der Waals surface area contributed by atoms with Crippen molar-refractivity contribution < 1.29 is 39.9 Å². The van der Waals surface area contributed by atoms with Crippen molar-refractivity contribution in [3.05, 3.63) is 11.3 Å². The Balaban J connectivity index is 2.39. The van der Waals surface area contributed by atoms with Crippen molar-refractivity contribution in [3.8, 4) is 5.88 Å². The van der Waals surface area contributed by atoms with E-state index in [1.54, 1.807) is 0 Å². The second-order valence-electron chi connectivity index (χ2n) is 5.53. The minimum atomic E-state index is -5.03. The van der Waals surface area contributed by atoms with Crippen LogP contribution in [0.5, 0.6) is 5.88 Å². The fraction of sp³-hybridized carbons (Fsp3) is 0.636. The molecule has 0 amide bonds. The van der Waals surface area contributed by atoms with Gasteiger partial charge in [-0.2, -0.15) is 22.0 Å². The van der Waals surface area contributed by atoms with Crippen LogP contribution in [0.1, 0.15) is 31.5 Å². The van der Waals surface area contributed by atoms with Crippen molar-refractivity contribution in [3.63, 3.8) is 0 Å². The maximum Gasteiger partial charge on any atom is 0.433 e. The molecule has 0 spiro atoms. The summed E-state index contributed by atoms with van der Waals surface area (Å²) in [6, 6.07) is 0. The van der Waals surface area contributed by atoms with Crippen LogP contribution in [0.15, 0.2) is 5.16 Å². The SMILES string of the molecule is CC1(C)CC(S(=O)(=O)Cc2c(OC(F)F)n[nH]c2C(F)(F)F)=NO1. The molecule has 2 heterocycles. The summed E-state index contributed by atoms with van der Waals surface area (Å²) in [4.78, 5) is 4.86. The van der Waals surface area contributed by atoms with Gasteiger partial charge in [-0.15, -0.1) is 5.10 Å². The molecule has 0 atom stereocenters. The fourth-order valence-corrected chi connectivity index (χ4v) is 3.47. The molecule has 0 saturated carbocycles. The van der Waals surface area contributed by atoms with Gasteiger partial charge in [-0.25, -0.2) is 8.42 Å². The maximum atomic E-state index is 12.9. The van der Waals surface area contributed by atoms with Gasteiger partial charge >= 0.3 is 12.8 Å². The van der Waals surface area contributed by atoms with Gasteiger partial charge in [0.2, 0.25) is 5.88 Å². The van der Waals surface area contributed by atoms with E-state index in [9.17, 15) is 30.4 Å². The monoisotopic (exact) mass is 377 g/mol. The highest BCUT2D eigenvalue weighted by Crippen LogP contribution is 2.36. The Morgan fingerprint density at radius 3 is 2.46 bits per heavy atom. The van der Waals surface area contributed by atoms with Crippen LogP contribution in [-0.4, -0.2) is 35.9 Å². The number of nitrogens with zero attached hydrogens (tertiary/aromatic N) is 2. The molecule has 136 valence electrons. The Morgan fingerprint density at radius 2 is 2.00 bits per heavy atom. The van der Waals surface area contributed by atoms with Crippen molar-refractivity contribution in [1.82, 2.24) is 10.2 Å². The number of halogens is 5. The second-order valence-corrected chi connectivity index (χ2v) is 7.52. The van der Waals surface area contributed by atoms with Crippen LogP contribution in [0.2, 0.25) is 0 Å². The van der Waals surface area contributed by atoms with E-state index in [0.717, 1.165) is 0 Å². The third kappa shape index (κ3) is 3.94. The molecule has 1 aliphatic heterocycles. The van der Waals surface area contributed by atoms with Gasteiger partial charge in [0.05, 0.1) is 11.3 Å². The zero-order valence-corrected chi connectivity index (χ0v) is 13.1. The van der Waals surface area contributed by atoms with Gasteiger partial charge in [0.15, 0.2) is 14.9 Å². The van der Waals surface area contributed by atoms with E-state index in [1.807, 2.05) is 0 Å². The molecular weight excluding hydrogens is 365 g/mol. The van der Waals surface area contributed by atoms with Crippen LogP contribution in [-0.2, 0) is 26.6 Å². The van der Waals surface area contributed by atoms with E-state index in [-0.39, 0.29) is 6.42 Å². The second kappa shape index (κ2) is 5.86. The molecule has 0 aliphatic carbocycles. The number of oxime groups is 1. The first-order valence-corrected chi connectivity index (χ1v) is 8.04. The molecule has 1 N–H and O–H groups in total. The van der Waals surface area contributed by atoms with Gasteiger partial charge < -0.3 is 9.57 Å². The van der Waals surface area contributed by atoms with Crippen LogP contribution in [0.25, 0.3) is 0 Å². The summed E-state index contributed by atoms with van der Waals surface area (Å²) < 4.78 is 91.7. The third-order valence-corrected chi connectivity index (χ3v) is 4.58. The lowest BCUT2D eigenvalue weighted by molar-refractivity contribution is -0.141. The maximum absolute atomic E-state index is 12.9. The van der Waals surface area contributed by atoms with Crippen molar-refractivity contribution in [1.29, 1.82) is 0 Å². The number of aromatic amines is 1. The number of nitrogens with one attached hydrogen (secondary N) is 1. The topological polar surface area (TPSA) is 93.6 Å². The van der Waals surface area contributed by atoms with Gasteiger partial charge in [-0.3, -0.25) is 5.10 Å². The molecule has 1 aliphatic rings. The molecule has 2 rings (SSSR count). The lowest BCUT2D eigenvalue weighted by atomic mass is 10.1. The Labute approximate surface area is 132 Å². The molecule has 1 aromatic rings. The molecule has 13 heteroatoms. The van der Waals surface area contributed by atoms with Crippen molar-refractivity contribution in [2.24, 2.45) is 5.16 Å². The summed E-state index contributed by atoms with van der Waals surface area (Å²) in [5.74, 6) is -2.40. The highest BCUT2D eigenvalue weighted by Gasteiger charge is 2.42. The Hall–Kier alpha value is -1.92. The molecule has 7 nitrogen and oxygen atoms in total. The first-order valence-electron chi connectivity index (χ1n) is 6.39. The number of H-pyrrole nitrogens is 1. The standard InChI is InChI=1S/C11H12F5N3O4S/c1-10(2)3-6(19-23-10)24(20,21)4-5-7(11(14,15)16)17-18-8(5)22-9(12)13/h9H,3-4H2,1-2H3,(H,17,18). The van der Waals surface area contributed by atoms with Gasteiger partial charge in [-0.1, -0.05) is 5.16 Å². The lowest BCUT2D eigenvalue weighted by Crippen LogP contribution is -2.24. The van der Waals surface area contributed by atoms with E-state index in [1.165, 1.54) is 18.9 Å². The molecule has 0 radical (unpaired) electrons. The largest absolute Gasteiger partial charge is 0.433 e. The number of hydrogen-bond acceptors (Lipinski definition) is 6. The molecular formula is C11H12F5N3O4S. The van der Waals surface area contributed by atoms with Crippen LogP contribution in [0.3, 0.4) is 0 Å². The number of rotatable bonds is 4. The normalized spacial score (nSPS) is 17.8. The number of sulfone groups is 1. The molecule has 0 unspecified atom stereocenters. The molecule has 0 saturated heterocycles. The third-order valence-electron chi connectivity index (χ3n) is 2.98. The van der Waals surface area contributed by atoms with E-state index < -0.39 is 56.2 Å².